The zero-order chi connectivity index (χ0) is 11.6. The number of rotatable bonds is 3. The number of nitro benzene ring substituents is 1. The summed E-state index contributed by atoms with van der Waals surface area (Å²) in [6.07, 6.45) is 1.02. The number of nitro groups is 1. The van der Waals surface area contributed by atoms with Gasteiger partial charge < -0.3 is 0 Å². The minimum absolute atomic E-state index is 0.0466. The van der Waals surface area contributed by atoms with Crippen molar-refractivity contribution < 1.29 is 13.3 Å². The van der Waals surface area contributed by atoms with Crippen molar-refractivity contribution in [2.75, 3.05) is 11.0 Å². The van der Waals surface area contributed by atoms with Gasteiger partial charge in [0.25, 0.3) is 5.69 Å². The molecule has 0 heterocycles. The molecule has 0 aliphatic heterocycles. The average Bonchev–Trinajstić information content (AvgIpc) is 1.99. The van der Waals surface area contributed by atoms with Gasteiger partial charge >= 0.3 is 0 Å². The van der Waals surface area contributed by atoms with E-state index in [9.17, 15) is 18.5 Å². The van der Waals surface area contributed by atoms with Gasteiger partial charge in [-0.3, -0.25) is 14.8 Å². The second-order valence-electron chi connectivity index (χ2n) is 2.80. The normalized spacial score (nSPS) is 11.1. The Morgan fingerprint density at radius 1 is 1.47 bits per heavy atom. The number of hydrogen-bond acceptors (Lipinski definition) is 4. The lowest BCUT2D eigenvalue weighted by Gasteiger charge is -2.03. The maximum atomic E-state index is 10.9. The number of hydrogen-bond donors (Lipinski definition) is 1. The Morgan fingerprint density at radius 2 is 2.07 bits per heavy atom. The second-order valence-corrected chi connectivity index (χ2v) is 5.71. The first-order chi connectivity index (χ1) is 6.79. The molecule has 15 heavy (non-hydrogen) atoms. The molecule has 0 atom stereocenters. The number of halogens is 1. The summed E-state index contributed by atoms with van der Waals surface area (Å²) >= 11 is 1.78. The zero-order valence-corrected chi connectivity index (χ0v) is 10.6. The summed E-state index contributed by atoms with van der Waals surface area (Å²) in [7, 11) is -3.35. The maximum absolute atomic E-state index is 10.9. The van der Waals surface area contributed by atoms with E-state index in [1.165, 1.54) is 18.2 Å². The van der Waals surface area contributed by atoms with E-state index in [0.29, 0.717) is 9.26 Å². The van der Waals surface area contributed by atoms with Crippen molar-refractivity contribution in [3.8, 4) is 0 Å². The molecule has 8 heteroatoms. The molecule has 6 nitrogen and oxygen atoms in total. The summed E-state index contributed by atoms with van der Waals surface area (Å²) in [5.74, 6) is 0. The molecular weight excluding hydrogens is 335 g/mol. The second kappa shape index (κ2) is 4.31. The lowest BCUT2D eigenvalue weighted by molar-refractivity contribution is -0.385. The van der Waals surface area contributed by atoms with Crippen molar-refractivity contribution >= 4 is 44.0 Å². The highest BCUT2D eigenvalue weighted by Gasteiger charge is 2.12. The lowest BCUT2D eigenvalue weighted by Crippen LogP contribution is -2.09. The molecule has 1 rings (SSSR count). The topological polar surface area (TPSA) is 89.3 Å². The highest BCUT2D eigenvalue weighted by atomic mass is 127. The molecule has 1 aromatic rings. The molecule has 0 fully saturated rings. The molecule has 0 spiro atoms. The van der Waals surface area contributed by atoms with Crippen LogP contribution in [0.2, 0.25) is 0 Å². The van der Waals surface area contributed by atoms with Crippen LogP contribution in [-0.2, 0) is 10.0 Å². The minimum Gasteiger partial charge on any atom is -0.284 e. The highest BCUT2D eigenvalue weighted by molar-refractivity contribution is 14.1. The smallest absolute Gasteiger partial charge is 0.282 e. The van der Waals surface area contributed by atoms with Crippen molar-refractivity contribution in [2.24, 2.45) is 0 Å². The van der Waals surface area contributed by atoms with E-state index < -0.39 is 14.9 Å². The Morgan fingerprint density at radius 3 is 2.47 bits per heavy atom. The molecule has 82 valence electrons. The molecule has 0 bridgehead atoms. The van der Waals surface area contributed by atoms with Crippen LogP contribution in [0.4, 0.5) is 11.4 Å². The monoisotopic (exact) mass is 342 g/mol. The van der Waals surface area contributed by atoms with Gasteiger partial charge in [0, 0.05) is 6.07 Å². The maximum Gasteiger partial charge on any atom is 0.282 e. The Bertz CT molecular complexity index is 500. The standard InChI is InChI=1S/C7H7IN2O4S/c1-15(13,14)9-5-2-3-7(10(11)12)6(8)4-5/h2-4,9H,1H3. The van der Waals surface area contributed by atoms with Gasteiger partial charge in [-0.1, -0.05) is 0 Å². The summed E-state index contributed by atoms with van der Waals surface area (Å²) in [6, 6.07) is 4.01. The van der Waals surface area contributed by atoms with E-state index in [2.05, 4.69) is 4.72 Å². The predicted molar refractivity (Wildman–Crippen MR) is 64.3 cm³/mol. The molecule has 1 aromatic carbocycles. The fourth-order valence-electron chi connectivity index (χ4n) is 0.933. The molecular formula is C7H7IN2O4S. The molecule has 0 aliphatic carbocycles. The highest BCUT2D eigenvalue weighted by Crippen LogP contribution is 2.24. The van der Waals surface area contributed by atoms with Crippen LogP contribution in [0.25, 0.3) is 0 Å². The van der Waals surface area contributed by atoms with Crippen LogP contribution >= 0.6 is 22.6 Å². The van der Waals surface area contributed by atoms with Gasteiger partial charge in [0.1, 0.15) is 0 Å². The van der Waals surface area contributed by atoms with Crippen molar-refractivity contribution in [2.45, 2.75) is 0 Å². The molecule has 0 unspecified atom stereocenters. The van der Waals surface area contributed by atoms with Crippen molar-refractivity contribution in [3.63, 3.8) is 0 Å². The Balaban J connectivity index is 3.07. The number of anilines is 1. The Labute approximate surface area is 100 Å². The fourth-order valence-corrected chi connectivity index (χ4v) is 2.20. The summed E-state index contributed by atoms with van der Waals surface area (Å²) in [5.41, 5.74) is 0.266. The van der Waals surface area contributed by atoms with Crippen LogP contribution in [0.5, 0.6) is 0 Å². The predicted octanol–water partition coefficient (Wildman–Crippen LogP) is 1.57. The molecule has 0 saturated heterocycles. The number of nitrogens with zero attached hydrogens (tertiary/aromatic N) is 1. The van der Waals surface area contributed by atoms with Crippen molar-refractivity contribution in [1.82, 2.24) is 0 Å². The first-order valence-corrected chi connectivity index (χ1v) is 6.68. The first kappa shape index (κ1) is 12.2. The summed E-state index contributed by atoms with van der Waals surface area (Å²) in [5, 5.41) is 10.5. The van der Waals surface area contributed by atoms with Crippen LogP contribution in [0.15, 0.2) is 18.2 Å². The van der Waals surface area contributed by atoms with E-state index in [4.69, 9.17) is 0 Å². The van der Waals surface area contributed by atoms with Crippen LogP contribution in [0, 0.1) is 13.7 Å². The third kappa shape index (κ3) is 3.63. The van der Waals surface area contributed by atoms with Gasteiger partial charge in [0.05, 0.1) is 20.4 Å². The van der Waals surface area contributed by atoms with E-state index >= 15 is 0 Å². The SMILES string of the molecule is CS(=O)(=O)Nc1ccc([N+](=O)[O-])c(I)c1. The number of nitrogens with one attached hydrogen (secondary N) is 1. The van der Waals surface area contributed by atoms with Crippen molar-refractivity contribution in [3.05, 3.63) is 31.9 Å². The zero-order valence-electron chi connectivity index (χ0n) is 7.60. The molecule has 0 radical (unpaired) electrons. The molecule has 0 aromatic heterocycles. The summed E-state index contributed by atoms with van der Waals surface area (Å²) < 4.78 is 24.4. The summed E-state index contributed by atoms with van der Waals surface area (Å²) in [4.78, 5) is 9.96. The first-order valence-electron chi connectivity index (χ1n) is 3.71. The van der Waals surface area contributed by atoms with Gasteiger partial charge in [0.15, 0.2) is 0 Å². The quantitative estimate of drug-likeness (QED) is 0.513. The van der Waals surface area contributed by atoms with Gasteiger partial charge in [-0.2, -0.15) is 0 Å². The van der Waals surface area contributed by atoms with Gasteiger partial charge in [0.2, 0.25) is 10.0 Å². The molecule has 0 saturated carbocycles. The third-order valence-corrected chi connectivity index (χ3v) is 2.92. The number of sulfonamides is 1. The molecule has 0 aliphatic rings. The van der Waals surface area contributed by atoms with Crippen molar-refractivity contribution in [1.29, 1.82) is 0 Å². The Hall–Kier alpha value is -0.900. The largest absolute Gasteiger partial charge is 0.284 e. The van der Waals surface area contributed by atoms with Crippen LogP contribution in [0.1, 0.15) is 0 Å². The van der Waals surface area contributed by atoms with Crippen LogP contribution in [-0.4, -0.2) is 19.6 Å². The van der Waals surface area contributed by atoms with Gasteiger partial charge in [-0.25, -0.2) is 8.42 Å². The van der Waals surface area contributed by atoms with Crippen LogP contribution < -0.4 is 4.72 Å². The van der Waals surface area contributed by atoms with E-state index in [-0.39, 0.29) is 5.69 Å². The Kier molecular flexibility index (Phi) is 3.50. The van der Waals surface area contributed by atoms with E-state index in [1.807, 2.05) is 0 Å². The average molecular weight is 342 g/mol. The number of benzene rings is 1. The van der Waals surface area contributed by atoms with Crippen LogP contribution in [0.3, 0.4) is 0 Å². The minimum atomic E-state index is -3.35. The van der Waals surface area contributed by atoms with Gasteiger partial charge in [-0.05, 0) is 34.7 Å². The summed E-state index contributed by atoms with van der Waals surface area (Å²) in [6.45, 7) is 0. The molecule has 1 N–H and O–H groups in total. The lowest BCUT2D eigenvalue weighted by atomic mass is 10.3. The third-order valence-electron chi connectivity index (χ3n) is 1.45. The molecule has 0 amide bonds. The van der Waals surface area contributed by atoms with Gasteiger partial charge in [-0.15, -0.1) is 0 Å². The fraction of sp³-hybridized carbons (Fsp3) is 0.143. The van der Waals surface area contributed by atoms with E-state index in [0.717, 1.165) is 6.26 Å². The van der Waals surface area contributed by atoms with E-state index in [1.54, 1.807) is 22.6 Å².